The number of hydrogen-bond donors (Lipinski definition) is 1. The van der Waals surface area contributed by atoms with Crippen LogP contribution in [0.25, 0.3) is 5.65 Å². The van der Waals surface area contributed by atoms with E-state index in [0.29, 0.717) is 31.2 Å². The van der Waals surface area contributed by atoms with Crippen LogP contribution in [0.5, 0.6) is 0 Å². The van der Waals surface area contributed by atoms with Gasteiger partial charge in [0.15, 0.2) is 5.65 Å². The molecule has 2 rings (SSSR count). The smallest absolute Gasteiger partial charge is 0.244 e. The van der Waals surface area contributed by atoms with Crippen molar-refractivity contribution >= 4 is 21.6 Å². The SMILES string of the molecule is CCN(CC)S(=O)(=O)c1ccc2nnc(NCC(C)(C)C)n2c1. The minimum atomic E-state index is -3.50. The molecular formula is C15H25N5O2S. The predicted molar refractivity (Wildman–Crippen MR) is 91.0 cm³/mol. The highest BCUT2D eigenvalue weighted by molar-refractivity contribution is 7.89. The average Bonchev–Trinajstić information content (AvgIpc) is 2.87. The number of hydrogen-bond acceptors (Lipinski definition) is 5. The van der Waals surface area contributed by atoms with Crippen molar-refractivity contribution in [2.45, 2.75) is 39.5 Å². The Kier molecular flexibility index (Phi) is 4.95. The molecule has 0 aliphatic heterocycles. The molecule has 1 N–H and O–H groups in total. The molecule has 0 aromatic carbocycles. The van der Waals surface area contributed by atoms with Crippen LogP contribution in [0.4, 0.5) is 5.95 Å². The van der Waals surface area contributed by atoms with E-state index in [9.17, 15) is 8.42 Å². The van der Waals surface area contributed by atoms with Gasteiger partial charge in [-0.1, -0.05) is 34.6 Å². The van der Waals surface area contributed by atoms with E-state index in [2.05, 4.69) is 36.3 Å². The van der Waals surface area contributed by atoms with Gasteiger partial charge >= 0.3 is 0 Å². The van der Waals surface area contributed by atoms with E-state index in [1.807, 2.05) is 13.8 Å². The number of pyridine rings is 1. The van der Waals surface area contributed by atoms with Crippen molar-refractivity contribution in [3.05, 3.63) is 18.3 Å². The van der Waals surface area contributed by atoms with Gasteiger partial charge in [-0.25, -0.2) is 8.42 Å². The zero-order valence-electron chi connectivity index (χ0n) is 14.4. The maximum Gasteiger partial charge on any atom is 0.244 e. The van der Waals surface area contributed by atoms with Gasteiger partial charge in [-0.3, -0.25) is 4.40 Å². The molecule has 0 atom stereocenters. The summed E-state index contributed by atoms with van der Waals surface area (Å²) in [6, 6.07) is 3.25. The summed E-state index contributed by atoms with van der Waals surface area (Å²) in [5.74, 6) is 0.548. The maximum absolute atomic E-state index is 12.6. The second-order valence-corrected chi connectivity index (χ2v) is 8.56. The van der Waals surface area contributed by atoms with Crippen LogP contribution in [0.1, 0.15) is 34.6 Å². The molecule has 0 aliphatic carbocycles. The fourth-order valence-electron chi connectivity index (χ4n) is 2.20. The fraction of sp³-hybridized carbons (Fsp3) is 0.600. The summed E-state index contributed by atoms with van der Waals surface area (Å²) in [5.41, 5.74) is 0.691. The van der Waals surface area contributed by atoms with E-state index >= 15 is 0 Å². The lowest BCUT2D eigenvalue weighted by atomic mass is 9.97. The monoisotopic (exact) mass is 339 g/mol. The Morgan fingerprint density at radius 3 is 2.39 bits per heavy atom. The molecule has 0 radical (unpaired) electrons. The number of aromatic nitrogens is 3. The molecule has 2 heterocycles. The molecule has 8 heteroatoms. The summed E-state index contributed by atoms with van der Waals surface area (Å²) in [7, 11) is -3.50. The number of anilines is 1. The van der Waals surface area contributed by atoms with Crippen molar-refractivity contribution in [1.29, 1.82) is 0 Å². The molecule has 0 aliphatic rings. The first-order valence-corrected chi connectivity index (χ1v) is 9.22. The second-order valence-electron chi connectivity index (χ2n) is 6.62. The first-order valence-electron chi connectivity index (χ1n) is 7.78. The van der Waals surface area contributed by atoms with Gasteiger partial charge in [-0.15, -0.1) is 10.2 Å². The molecule has 0 saturated carbocycles. The number of nitrogens with one attached hydrogen (secondary N) is 1. The second kappa shape index (κ2) is 6.45. The summed E-state index contributed by atoms with van der Waals surface area (Å²) in [6.45, 7) is 11.6. The minimum absolute atomic E-state index is 0.0801. The molecule has 23 heavy (non-hydrogen) atoms. The first-order chi connectivity index (χ1) is 10.7. The highest BCUT2D eigenvalue weighted by Crippen LogP contribution is 2.19. The normalized spacial score (nSPS) is 13.0. The van der Waals surface area contributed by atoms with Gasteiger partial charge in [0, 0.05) is 25.8 Å². The third-order valence-electron chi connectivity index (χ3n) is 3.50. The molecule has 2 aromatic rings. The number of rotatable bonds is 6. The summed E-state index contributed by atoms with van der Waals surface area (Å²) < 4.78 is 28.4. The molecule has 0 spiro atoms. The molecule has 0 fully saturated rings. The molecule has 0 unspecified atom stereocenters. The highest BCUT2D eigenvalue weighted by atomic mass is 32.2. The largest absolute Gasteiger partial charge is 0.353 e. The van der Waals surface area contributed by atoms with Crippen LogP contribution in [-0.4, -0.2) is 47.0 Å². The van der Waals surface area contributed by atoms with Crippen LogP contribution in [0.15, 0.2) is 23.2 Å². The van der Waals surface area contributed by atoms with E-state index < -0.39 is 10.0 Å². The number of sulfonamides is 1. The number of nitrogens with zero attached hydrogens (tertiary/aromatic N) is 4. The first kappa shape index (κ1) is 17.7. The zero-order valence-corrected chi connectivity index (χ0v) is 15.2. The highest BCUT2D eigenvalue weighted by Gasteiger charge is 2.23. The van der Waals surface area contributed by atoms with Crippen molar-refractivity contribution in [3.8, 4) is 0 Å². The van der Waals surface area contributed by atoms with E-state index in [0.717, 1.165) is 0 Å². The van der Waals surface area contributed by atoms with Gasteiger partial charge < -0.3 is 5.32 Å². The zero-order chi connectivity index (χ0) is 17.3. The molecule has 0 bridgehead atoms. The standard InChI is InChI=1S/C15H25N5O2S/c1-6-19(7-2)23(21,22)12-8-9-13-17-18-14(20(13)10-12)16-11-15(3,4)5/h8-10H,6-7,11H2,1-5H3,(H,16,18). The van der Waals surface area contributed by atoms with Crippen LogP contribution < -0.4 is 5.32 Å². The van der Waals surface area contributed by atoms with Crippen LogP contribution in [0, 0.1) is 5.41 Å². The Hall–Kier alpha value is -1.67. The Morgan fingerprint density at radius 1 is 1.17 bits per heavy atom. The molecule has 2 aromatic heterocycles. The third kappa shape index (κ3) is 3.81. The van der Waals surface area contributed by atoms with E-state index in [4.69, 9.17) is 0 Å². The molecule has 0 saturated heterocycles. The maximum atomic E-state index is 12.6. The lowest BCUT2D eigenvalue weighted by Crippen LogP contribution is -2.30. The van der Waals surface area contributed by atoms with Gasteiger partial charge in [0.05, 0.1) is 4.90 Å². The van der Waals surface area contributed by atoms with Crippen molar-refractivity contribution in [2.24, 2.45) is 5.41 Å². The van der Waals surface area contributed by atoms with Crippen molar-refractivity contribution in [1.82, 2.24) is 18.9 Å². The van der Waals surface area contributed by atoms with Crippen LogP contribution >= 0.6 is 0 Å². The van der Waals surface area contributed by atoms with Gasteiger partial charge in [0.2, 0.25) is 16.0 Å². The Bertz CT molecular complexity index is 773. The van der Waals surface area contributed by atoms with Crippen LogP contribution in [-0.2, 0) is 10.0 Å². The van der Waals surface area contributed by atoms with Crippen LogP contribution in [0.2, 0.25) is 0 Å². The quantitative estimate of drug-likeness (QED) is 0.873. The van der Waals surface area contributed by atoms with Gasteiger partial charge in [0.25, 0.3) is 0 Å². The van der Waals surface area contributed by atoms with Gasteiger partial charge in [-0.2, -0.15) is 4.31 Å². The fourth-order valence-corrected chi connectivity index (χ4v) is 3.66. The molecular weight excluding hydrogens is 314 g/mol. The Labute approximate surface area is 137 Å². The molecule has 128 valence electrons. The van der Waals surface area contributed by atoms with Gasteiger partial charge in [0.1, 0.15) is 0 Å². The Balaban J connectivity index is 2.41. The van der Waals surface area contributed by atoms with Crippen LogP contribution in [0.3, 0.4) is 0 Å². The van der Waals surface area contributed by atoms with E-state index in [1.54, 1.807) is 22.7 Å². The summed E-state index contributed by atoms with van der Waals surface area (Å²) in [6.07, 6.45) is 1.58. The summed E-state index contributed by atoms with van der Waals surface area (Å²) in [4.78, 5) is 0.243. The number of fused-ring (bicyclic) bond motifs is 1. The third-order valence-corrected chi connectivity index (χ3v) is 5.53. The lowest BCUT2D eigenvalue weighted by molar-refractivity contribution is 0.441. The van der Waals surface area contributed by atoms with Gasteiger partial charge in [-0.05, 0) is 17.5 Å². The molecule has 7 nitrogen and oxygen atoms in total. The minimum Gasteiger partial charge on any atom is -0.353 e. The molecule has 0 amide bonds. The predicted octanol–water partition coefficient (Wildman–Crippen LogP) is 2.22. The van der Waals surface area contributed by atoms with Crippen molar-refractivity contribution < 1.29 is 8.42 Å². The van der Waals surface area contributed by atoms with Crippen molar-refractivity contribution in [2.75, 3.05) is 25.0 Å². The summed E-state index contributed by atoms with van der Waals surface area (Å²) in [5, 5.41) is 11.4. The lowest BCUT2D eigenvalue weighted by Gasteiger charge is -2.19. The average molecular weight is 339 g/mol. The topological polar surface area (TPSA) is 79.6 Å². The van der Waals surface area contributed by atoms with E-state index in [1.165, 1.54) is 4.31 Å². The van der Waals surface area contributed by atoms with E-state index in [-0.39, 0.29) is 10.3 Å². The Morgan fingerprint density at radius 2 is 1.83 bits per heavy atom. The van der Waals surface area contributed by atoms with Crippen molar-refractivity contribution in [3.63, 3.8) is 0 Å². The summed E-state index contributed by atoms with van der Waals surface area (Å²) >= 11 is 0.